The van der Waals surface area contributed by atoms with Crippen molar-refractivity contribution in [1.29, 1.82) is 0 Å². The summed E-state index contributed by atoms with van der Waals surface area (Å²) in [5.74, 6) is 1.15. The van der Waals surface area contributed by atoms with Crippen molar-refractivity contribution in [3.63, 3.8) is 0 Å². The maximum atomic E-state index is 12.9. The summed E-state index contributed by atoms with van der Waals surface area (Å²) in [6.45, 7) is 2.63. The summed E-state index contributed by atoms with van der Waals surface area (Å²) >= 11 is 0. The largest absolute Gasteiger partial charge is 0.353 e. The first kappa shape index (κ1) is 19.6. The molecule has 0 bridgehead atoms. The summed E-state index contributed by atoms with van der Waals surface area (Å²) in [4.78, 5) is 33.5. The van der Waals surface area contributed by atoms with E-state index in [4.69, 9.17) is 0 Å². The number of benzene rings is 1. The number of nitrogens with zero attached hydrogens (tertiary/aromatic N) is 5. The molecule has 0 atom stereocenters. The molecule has 0 saturated carbocycles. The molecule has 1 aromatic carbocycles. The zero-order chi connectivity index (χ0) is 20.9. The van der Waals surface area contributed by atoms with Crippen LogP contribution in [0.25, 0.3) is 0 Å². The van der Waals surface area contributed by atoms with Crippen molar-refractivity contribution in [1.82, 2.24) is 19.7 Å². The van der Waals surface area contributed by atoms with Gasteiger partial charge in [-0.3, -0.25) is 14.3 Å². The second-order valence-electron chi connectivity index (χ2n) is 7.22. The van der Waals surface area contributed by atoms with Crippen LogP contribution in [0, 0.1) is 0 Å². The number of piperazine rings is 1. The molecule has 3 aromatic rings. The van der Waals surface area contributed by atoms with Gasteiger partial charge in [-0.05, 0) is 17.7 Å². The number of pyridine rings is 1. The van der Waals surface area contributed by atoms with Crippen molar-refractivity contribution < 1.29 is 9.59 Å². The standard InChI is InChI=1S/C22H24N6O2/c1-26-20(24-21(29)15-17-7-3-2-4-8-17)16-18(25-26)22(30)28-13-11-27(12-14-28)19-9-5-6-10-23-19/h2-10,16H,11-15H2,1H3,(H,24,29). The Morgan fingerprint density at radius 2 is 1.73 bits per heavy atom. The smallest absolute Gasteiger partial charge is 0.274 e. The highest BCUT2D eigenvalue weighted by atomic mass is 16.2. The van der Waals surface area contributed by atoms with E-state index in [0.717, 1.165) is 24.5 Å². The molecule has 8 heteroatoms. The van der Waals surface area contributed by atoms with E-state index in [2.05, 4.69) is 20.3 Å². The lowest BCUT2D eigenvalue weighted by atomic mass is 10.1. The highest BCUT2D eigenvalue weighted by Crippen LogP contribution is 2.16. The van der Waals surface area contributed by atoms with Gasteiger partial charge in [-0.2, -0.15) is 5.10 Å². The molecule has 0 spiro atoms. The number of carbonyl (C=O) groups is 2. The Labute approximate surface area is 175 Å². The molecule has 30 heavy (non-hydrogen) atoms. The summed E-state index contributed by atoms with van der Waals surface area (Å²) in [5.41, 5.74) is 1.26. The van der Waals surface area contributed by atoms with Crippen LogP contribution in [-0.4, -0.2) is 57.7 Å². The van der Waals surface area contributed by atoms with Gasteiger partial charge in [-0.15, -0.1) is 0 Å². The van der Waals surface area contributed by atoms with Crippen molar-refractivity contribution in [3.05, 3.63) is 72.1 Å². The van der Waals surface area contributed by atoms with Gasteiger partial charge in [0.25, 0.3) is 5.91 Å². The SMILES string of the molecule is Cn1nc(C(=O)N2CCN(c3ccccn3)CC2)cc1NC(=O)Cc1ccccc1. The van der Waals surface area contributed by atoms with Gasteiger partial charge >= 0.3 is 0 Å². The molecule has 0 radical (unpaired) electrons. The van der Waals surface area contributed by atoms with Gasteiger partial charge in [0.1, 0.15) is 11.6 Å². The van der Waals surface area contributed by atoms with Crippen LogP contribution >= 0.6 is 0 Å². The highest BCUT2D eigenvalue weighted by molar-refractivity contribution is 5.96. The van der Waals surface area contributed by atoms with Gasteiger partial charge < -0.3 is 15.1 Å². The molecule has 8 nitrogen and oxygen atoms in total. The van der Waals surface area contributed by atoms with Crippen molar-refractivity contribution in [2.24, 2.45) is 7.05 Å². The minimum atomic E-state index is -0.146. The van der Waals surface area contributed by atoms with E-state index < -0.39 is 0 Å². The molecule has 1 N–H and O–H groups in total. The third kappa shape index (κ3) is 4.48. The fraction of sp³-hybridized carbons (Fsp3) is 0.273. The van der Waals surface area contributed by atoms with Crippen molar-refractivity contribution in [2.45, 2.75) is 6.42 Å². The maximum Gasteiger partial charge on any atom is 0.274 e. The molecule has 4 rings (SSSR count). The number of hydrogen-bond acceptors (Lipinski definition) is 5. The van der Waals surface area contributed by atoms with Crippen LogP contribution < -0.4 is 10.2 Å². The Kier molecular flexibility index (Phi) is 5.74. The molecule has 3 heterocycles. The molecule has 0 aliphatic carbocycles. The first-order valence-electron chi connectivity index (χ1n) is 9.93. The van der Waals surface area contributed by atoms with Crippen LogP contribution in [0.4, 0.5) is 11.6 Å². The van der Waals surface area contributed by atoms with E-state index in [0.29, 0.717) is 24.6 Å². The van der Waals surface area contributed by atoms with Gasteiger partial charge in [0.15, 0.2) is 5.69 Å². The molecule has 0 unspecified atom stereocenters. The molecular formula is C22H24N6O2. The van der Waals surface area contributed by atoms with Crippen molar-refractivity contribution in [2.75, 3.05) is 36.4 Å². The number of hydrogen-bond donors (Lipinski definition) is 1. The van der Waals surface area contributed by atoms with E-state index in [1.54, 1.807) is 24.2 Å². The number of aryl methyl sites for hydroxylation is 1. The monoisotopic (exact) mass is 404 g/mol. The predicted molar refractivity (Wildman–Crippen MR) is 114 cm³/mol. The number of aromatic nitrogens is 3. The van der Waals surface area contributed by atoms with E-state index in [-0.39, 0.29) is 18.2 Å². The highest BCUT2D eigenvalue weighted by Gasteiger charge is 2.25. The summed E-state index contributed by atoms with van der Waals surface area (Å²) in [6, 6.07) is 17.0. The van der Waals surface area contributed by atoms with Crippen molar-refractivity contribution >= 4 is 23.5 Å². The number of nitrogens with one attached hydrogen (secondary N) is 1. The average Bonchev–Trinajstić information content (AvgIpc) is 3.14. The Morgan fingerprint density at radius 1 is 1.00 bits per heavy atom. The average molecular weight is 404 g/mol. The maximum absolute atomic E-state index is 12.9. The number of amides is 2. The topological polar surface area (TPSA) is 83.4 Å². The Hall–Kier alpha value is -3.68. The van der Waals surface area contributed by atoms with Gasteiger partial charge in [0.05, 0.1) is 6.42 Å². The van der Waals surface area contributed by atoms with Crippen molar-refractivity contribution in [3.8, 4) is 0 Å². The first-order chi connectivity index (χ1) is 14.6. The van der Waals surface area contributed by atoms with Gasteiger partial charge in [-0.25, -0.2) is 4.98 Å². The molecular weight excluding hydrogens is 380 g/mol. The minimum Gasteiger partial charge on any atom is -0.353 e. The number of rotatable bonds is 5. The lowest BCUT2D eigenvalue weighted by Crippen LogP contribution is -2.49. The van der Waals surface area contributed by atoms with Gasteiger partial charge in [0.2, 0.25) is 5.91 Å². The van der Waals surface area contributed by atoms with Crippen LogP contribution in [-0.2, 0) is 18.3 Å². The summed E-state index contributed by atoms with van der Waals surface area (Å²) in [5, 5.41) is 7.15. The quantitative estimate of drug-likeness (QED) is 0.703. The van der Waals surface area contributed by atoms with E-state index in [9.17, 15) is 9.59 Å². The zero-order valence-corrected chi connectivity index (χ0v) is 16.9. The Balaban J connectivity index is 1.36. The number of anilines is 2. The van der Waals surface area contributed by atoms with E-state index >= 15 is 0 Å². The fourth-order valence-corrected chi connectivity index (χ4v) is 3.50. The lowest BCUT2D eigenvalue weighted by Gasteiger charge is -2.35. The normalized spacial score (nSPS) is 13.9. The molecule has 1 aliphatic rings. The van der Waals surface area contributed by atoms with E-state index in [1.807, 2.05) is 48.5 Å². The predicted octanol–water partition coefficient (Wildman–Crippen LogP) is 1.96. The summed E-state index contributed by atoms with van der Waals surface area (Å²) in [6.07, 6.45) is 2.04. The van der Waals surface area contributed by atoms with E-state index in [1.165, 1.54) is 4.68 Å². The number of carbonyl (C=O) groups excluding carboxylic acids is 2. The Morgan fingerprint density at radius 3 is 2.43 bits per heavy atom. The summed E-state index contributed by atoms with van der Waals surface area (Å²) < 4.78 is 1.53. The molecule has 2 aromatic heterocycles. The molecule has 1 aliphatic heterocycles. The van der Waals surface area contributed by atoms with Crippen LogP contribution in [0.5, 0.6) is 0 Å². The minimum absolute atomic E-state index is 0.130. The third-order valence-electron chi connectivity index (χ3n) is 5.11. The van der Waals surface area contributed by atoms with Crippen LogP contribution in [0.15, 0.2) is 60.8 Å². The first-order valence-corrected chi connectivity index (χ1v) is 9.93. The zero-order valence-electron chi connectivity index (χ0n) is 16.9. The second kappa shape index (κ2) is 8.77. The molecule has 1 saturated heterocycles. The van der Waals surface area contributed by atoms with Crippen LogP contribution in [0.1, 0.15) is 16.1 Å². The van der Waals surface area contributed by atoms with Crippen LogP contribution in [0.3, 0.4) is 0 Å². The van der Waals surface area contributed by atoms with Crippen LogP contribution in [0.2, 0.25) is 0 Å². The molecule has 154 valence electrons. The fourth-order valence-electron chi connectivity index (χ4n) is 3.50. The lowest BCUT2D eigenvalue weighted by molar-refractivity contribution is -0.115. The van der Waals surface area contributed by atoms with Gasteiger partial charge in [0, 0.05) is 45.5 Å². The summed E-state index contributed by atoms with van der Waals surface area (Å²) in [7, 11) is 1.72. The molecule has 1 fully saturated rings. The molecule has 2 amide bonds. The van der Waals surface area contributed by atoms with Gasteiger partial charge in [-0.1, -0.05) is 36.4 Å². The Bertz CT molecular complexity index is 1010. The third-order valence-corrected chi connectivity index (χ3v) is 5.11. The second-order valence-corrected chi connectivity index (χ2v) is 7.22.